The van der Waals surface area contributed by atoms with E-state index in [-0.39, 0.29) is 4.75 Å². The zero-order valence-electron chi connectivity index (χ0n) is 16.9. The van der Waals surface area contributed by atoms with Crippen LogP contribution in [0.25, 0.3) is 0 Å². The molecule has 4 nitrogen and oxygen atoms in total. The van der Waals surface area contributed by atoms with Crippen LogP contribution in [0.2, 0.25) is 0 Å². The molecular weight excluding hydrogens is 340 g/mol. The molecule has 1 aromatic rings. The Morgan fingerprint density at radius 2 is 2.04 bits per heavy atom. The van der Waals surface area contributed by atoms with Crippen molar-refractivity contribution in [2.24, 2.45) is 10.9 Å². The number of thioether (sulfide) groups is 1. The number of hydrogen-bond acceptors (Lipinski definition) is 3. The van der Waals surface area contributed by atoms with Crippen molar-refractivity contribution in [3.8, 4) is 0 Å². The van der Waals surface area contributed by atoms with Gasteiger partial charge in [-0.2, -0.15) is 11.8 Å². The fraction of sp³-hybridized carbons (Fsp3) is 0.667. The first kappa shape index (κ1) is 21.1. The van der Waals surface area contributed by atoms with Crippen LogP contribution in [0, 0.1) is 5.92 Å². The van der Waals surface area contributed by atoms with Gasteiger partial charge in [-0.1, -0.05) is 30.3 Å². The Hall–Kier alpha value is -1.20. The van der Waals surface area contributed by atoms with E-state index in [2.05, 4.69) is 72.9 Å². The summed E-state index contributed by atoms with van der Waals surface area (Å²) in [6, 6.07) is 10.8. The monoisotopic (exact) mass is 376 g/mol. The lowest BCUT2D eigenvalue weighted by Gasteiger charge is -2.21. The first-order valence-corrected chi connectivity index (χ1v) is 11.1. The Morgan fingerprint density at radius 3 is 2.73 bits per heavy atom. The molecule has 0 bridgehead atoms. The van der Waals surface area contributed by atoms with Gasteiger partial charge in [0.25, 0.3) is 0 Å². The van der Waals surface area contributed by atoms with Crippen LogP contribution in [0.4, 0.5) is 0 Å². The Kier molecular flexibility index (Phi) is 8.79. The summed E-state index contributed by atoms with van der Waals surface area (Å²) in [5.74, 6) is 1.67. The smallest absolute Gasteiger partial charge is 0.191 e. The van der Waals surface area contributed by atoms with Gasteiger partial charge in [-0.15, -0.1) is 0 Å². The van der Waals surface area contributed by atoms with Gasteiger partial charge in [0.2, 0.25) is 0 Å². The Bertz CT molecular complexity index is 544. The second-order valence-electron chi connectivity index (χ2n) is 7.73. The Morgan fingerprint density at radius 1 is 1.27 bits per heavy atom. The Labute approximate surface area is 164 Å². The zero-order chi connectivity index (χ0) is 18.8. The van der Waals surface area contributed by atoms with Crippen molar-refractivity contribution >= 4 is 17.7 Å². The topological polar surface area (TPSA) is 39.7 Å². The van der Waals surface area contributed by atoms with Crippen molar-refractivity contribution in [3.63, 3.8) is 0 Å². The van der Waals surface area contributed by atoms with Gasteiger partial charge in [-0.25, -0.2) is 0 Å². The van der Waals surface area contributed by atoms with E-state index in [1.807, 2.05) is 11.8 Å². The molecule has 1 atom stereocenters. The molecule has 0 saturated carbocycles. The highest BCUT2D eigenvalue weighted by Crippen LogP contribution is 2.21. The lowest BCUT2D eigenvalue weighted by Crippen LogP contribution is -2.41. The van der Waals surface area contributed by atoms with Crippen LogP contribution in [0.3, 0.4) is 0 Å². The highest BCUT2D eigenvalue weighted by molar-refractivity contribution is 7.99. The van der Waals surface area contributed by atoms with Gasteiger partial charge in [0, 0.05) is 30.9 Å². The maximum Gasteiger partial charge on any atom is 0.191 e. The molecule has 1 aliphatic rings. The highest BCUT2D eigenvalue weighted by atomic mass is 32.2. The first-order chi connectivity index (χ1) is 12.5. The molecular formula is C21H36N4S. The minimum atomic E-state index is 0.184. The summed E-state index contributed by atoms with van der Waals surface area (Å²) >= 11 is 1.87. The fourth-order valence-corrected chi connectivity index (χ4v) is 3.32. The van der Waals surface area contributed by atoms with E-state index in [1.54, 1.807) is 0 Å². The van der Waals surface area contributed by atoms with Crippen molar-refractivity contribution in [1.29, 1.82) is 0 Å². The third kappa shape index (κ3) is 7.58. The van der Waals surface area contributed by atoms with Crippen LogP contribution in [0.5, 0.6) is 0 Å². The van der Waals surface area contributed by atoms with Crippen LogP contribution < -0.4 is 10.6 Å². The summed E-state index contributed by atoms with van der Waals surface area (Å²) in [5.41, 5.74) is 1.44. The van der Waals surface area contributed by atoms with E-state index >= 15 is 0 Å². The van der Waals surface area contributed by atoms with Crippen molar-refractivity contribution in [3.05, 3.63) is 35.9 Å². The van der Waals surface area contributed by atoms with Crippen molar-refractivity contribution in [2.45, 2.75) is 38.4 Å². The SMILES string of the molecule is CCNC(=NCC(C)(C)SC)NCC1CCN(CCc2ccccc2)C1. The summed E-state index contributed by atoms with van der Waals surface area (Å²) in [6.07, 6.45) is 4.57. The van der Waals surface area contributed by atoms with Gasteiger partial charge < -0.3 is 15.5 Å². The molecule has 0 aromatic heterocycles. The average molecular weight is 377 g/mol. The summed E-state index contributed by atoms with van der Waals surface area (Å²) in [5, 5.41) is 6.93. The minimum absolute atomic E-state index is 0.184. The molecule has 0 aliphatic carbocycles. The van der Waals surface area contributed by atoms with E-state index in [9.17, 15) is 0 Å². The molecule has 1 heterocycles. The van der Waals surface area contributed by atoms with Crippen LogP contribution >= 0.6 is 11.8 Å². The fourth-order valence-electron chi connectivity index (χ4n) is 3.13. The zero-order valence-corrected chi connectivity index (χ0v) is 17.7. The van der Waals surface area contributed by atoms with E-state index in [0.29, 0.717) is 5.92 Å². The molecule has 1 aliphatic heterocycles. The maximum absolute atomic E-state index is 4.77. The molecule has 0 spiro atoms. The molecule has 1 fully saturated rings. The molecule has 146 valence electrons. The van der Waals surface area contributed by atoms with Crippen molar-refractivity contribution in [2.75, 3.05) is 45.5 Å². The normalized spacial score (nSPS) is 18.9. The standard InChI is InChI=1S/C21H36N4S/c1-5-22-20(24-17-21(2,3)26-4)23-15-19-12-14-25(16-19)13-11-18-9-7-6-8-10-18/h6-10,19H,5,11-17H2,1-4H3,(H2,22,23,24). The van der Waals surface area contributed by atoms with Gasteiger partial charge in [-0.3, -0.25) is 4.99 Å². The molecule has 0 radical (unpaired) electrons. The summed E-state index contributed by atoms with van der Waals surface area (Å²) in [7, 11) is 0. The maximum atomic E-state index is 4.77. The third-order valence-corrected chi connectivity index (χ3v) is 6.24. The van der Waals surface area contributed by atoms with E-state index in [4.69, 9.17) is 4.99 Å². The predicted molar refractivity (Wildman–Crippen MR) is 116 cm³/mol. The lowest BCUT2D eigenvalue weighted by molar-refractivity contribution is 0.328. The number of guanidine groups is 1. The molecule has 26 heavy (non-hydrogen) atoms. The molecule has 0 amide bonds. The number of nitrogens with zero attached hydrogens (tertiary/aromatic N) is 2. The van der Waals surface area contributed by atoms with E-state index in [0.717, 1.165) is 38.6 Å². The first-order valence-electron chi connectivity index (χ1n) is 9.86. The average Bonchev–Trinajstić information content (AvgIpc) is 3.11. The number of likely N-dealkylation sites (tertiary alicyclic amines) is 1. The number of rotatable bonds is 9. The van der Waals surface area contributed by atoms with Crippen molar-refractivity contribution in [1.82, 2.24) is 15.5 Å². The lowest BCUT2D eigenvalue weighted by atomic mass is 10.1. The van der Waals surface area contributed by atoms with Crippen LogP contribution in [0.1, 0.15) is 32.8 Å². The van der Waals surface area contributed by atoms with Gasteiger partial charge in [-0.05, 0) is 57.9 Å². The molecule has 2 N–H and O–H groups in total. The summed E-state index contributed by atoms with van der Waals surface area (Å²) < 4.78 is 0.184. The van der Waals surface area contributed by atoms with Crippen LogP contribution in [0.15, 0.2) is 35.3 Å². The van der Waals surface area contributed by atoms with Gasteiger partial charge in [0.05, 0.1) is 6.54 Å². The van der Waals surface area contributed by atoms with Crippen LogP contribution in [-0.2, 0) is 6.42 Å². The second kappa shape index (κ2) is 10.8. The van der Waals surface area contributed by atoms with Gasteiger partial charge >= 0.3 is 0 Å². The molecule has 1 unspecified atom stereocenters. The number of nitrogens with one attached hydrogen (secondary N) is 2. The number of hydrogen-bond donors (Lipinski definition) is 2. The number of aliphatic imine (C=N–C) groups is 1. The molecule has 2 rings (SSSR count). The van der Waals surface area contributed by atoms with Crippen molar-refractivity contribution < 1.29 is 0 Å². The Balaban J connectivity index is 1.73. The van der Waals surface area contributed by atoms with Gasteiger partial charge in [0.1, 0.15) is 0 Å². The second-order valence-corrected chi connectivity index (χ2v) is 9.24. The number of benzene rings is 1. The summed E-state index contributed by atoms with van der Waals surface area (Å²) in [4.78, 5) is 7.37. The largest absolute Gasteiger partial charge is 0.357 e. The van der Waals surface area contributed by atoms with Gasteiger partial charge in [0.15, 0.2) is 5.96 Å². The predicted octanol–water partition coefficient (Wildman–Crippen LogP) is 3.25. The van der Waals surface area contributed by atoms with Crippen LogP contribution in [-0.4, -0.2) is 61.1 Å². The van der Waals surface area contributed by atoms with E-state index < -0.39 is 0 Å². The molecule has 1 aromatic carbocycles. The summed E-state index contributed by atoms with van der Waals surface area (Å²) in [6.45, 7) is 12.9. The molecule has 5 heteroatoms. The minimum Gasteiger partial charge on any atom is -0.357 e. The highest BCUT2D eigenvalue weighted by Gasteiger charge is 2.22. The molecule has 1 saturated heterocycles. The third-order valence-electron chi connectivity index (χ3n) is 5.00. The quantitative estimate of drug-likeness (QED) is 0.513. The van der Waals surface area contributed by atoms with E-state index in [1.165, 1.54) is 25.1 Å².